The highest BCUT2D eigenvalue weighted by Crippen LogP contribution is 2.69. The Labute approximate surface area is 151 Å². The van der Waals surface area contributed by atoms with Crippen molar-refractivity contribution in [2.24, 2.45) is 40.4 Å². The van der Waals surface area contributed by atoms with E-state index >= 15 is 0 Å². The molecule has 1 saturated heterocycles. The second kappa shape index (κ2) is 4.97. The summed E-state index contributed by atoms with van der Waals surface area (Å²) in [5.74, 6) is 3.27. The zero-order valence-electron chi connectivity index (χ0n) is 16.0. The van der Waals surface area contributed by atoms with Crippen LogP contribution in [0.5, 0.6) is 0 Å². The van der Waals surface area contributed by atoms with Gasteiger partial charge in [0.2, 0.25) is 0 Å². The smallest absolute Gasteiger partial charge is 0.137 e. The van der Waals surface area contributed by atoms with Gasteiger partial charge in [-0.1, -0.05) is 13.8 Å². The van der Waals surface area contributed by atoms with Crippen molar-refractivity contribution in [1.82, 2.24) is 0 Å². The maximum absolute atomic E-state index is 13.0. The van der Waals surface area contributed by atoms with Gasteiger partial charge in [-0.15, -0.1) is 0 Å². The van der Waals surface area contributed by atoms with Crippen LogP contribution in [0.1, 0.15) is 72.1 Å². The molecule has 5 aliphatic rings. The first-order valence-corrected chi connectivity index (χ1v) is 10.5. The first-order chi connectivity index (χ1) is 11.8. The highest BCUT2D eigenvalue weighted by Gasteiger charge is 2.66. The fourth-order valence-corrected chi connectivity index (χ4v) is 8.15. The van der Waals surface area contributed by atoms with Crippen molar-refractivity contribution in [3.8, 4) is 0 Å². The van der Waals surface area contributed by atoms with Crippen LogP contribution in [-0.2, 0) is 14.3 Å². The van der Waals surface area contributed by atoms with Gasteiger partial charge >= 0.3 is 0 Å². The Hall–Kier alpha value is -0.700. The van der Waals surface area contributed by atoms with Gasteiger partial charge in [0.15, 0.2) is 0 Å². The van der Waals surface area contributed by atoms with Gasteiger partial charge in [-0.05, 0) is 73.5 Å². The maximum atomic E-state index is 13.0. The van der Waals surface area contributed by atoms with Gasteiger partial charge in [0, 0.05) is 25.2 Å². The Morgan fingerprint density at radius 2 is 1.64 bits per heavy atom. The van der Waals surface area contributed by atoms with Gasteiger partial charge in [-0.3, -0.25) is 9.59 Å². The molecule has 1 heterocycles. The van der Waals surface area contributed by atoms with Crippen LogP contribution in [0.2, 0.25) is 0 Å². The summed E-state index contributed by atoms with van der Waals surface area (Å²) in [6.45, 7) is 8.07. The number of carbonyl (C=O) groups is 2. The molecule has 0 unspecified atom stereocenters. The Balaban J connectivity index is 1.48. The molecule has 0 aromatic heterocycles. The third-order valence-corrected chi connectivity index (χ3v) is 9.62. The fraction of sp³-hybridized carbons (Fsp3) is 0.909. The topological polar surface area (TPSA) is 46.7 Å². The highest BCUT2D eigenvalue weighted by atomic mass is 16.6. The van der Waals surface area contributed by atoms with Crippen molar-refractivity contribution in [1.29, 1.82) is 0 Å². The summed E-state index contributed by atoms with van der Waals surface area (Å²) >= 11 is 0. The molecular formula is C22H32O3. The van der Waals surface area contributed by atoms with Crippen LogP contribution in [0, 0.1) is 40.4 Å². The van der Waals surface area contributed by atoms with Gasteiger partial charge in [-0.25, -0.2) is 0 Å². The Morgan fingerprint density at radius 3 is 2.36 bits per heavy atom. The average Bonchev–Trinajstić information content (AvgIpc) is 3.18. The van der Waals surface area contributed by atoms with Crippen molar-refractivity contribution in [2.45, 2.75) is 77.7 Å². The number of hydrogen-bond donors (Lipinski definition) is 0. The largest absolute Gasteiger partial charge is 0.370 e. The third-order valence-electron chi connectivity index (χ3n) is 9.62. The van der Waals surface area contributed by atoms with Crippen LogP contribution in [0.4, 0.5) is 0 Å². The van der Waals surface area contributed by atoms with E-state index in [1.165, 1.54) is 25.7 Å². The molecule has 0 N–H and O–H groups in total. The lowest BCUT2D eigenvalue weighted by Crippen LogP contribution is -2.57. The minimum atomic E-state index is 0.0147. The SMILES string of the molecule is C[C@]12CC[C@H]3[C@@H](CC(=O)[C@H]4CC(=O)CC[C@@]43C)[C@H]1CC[C@H]2[C@@]1(C)CO1. The van der Waals surface area contributed by atoms with Crippen LogP contribution in [-0.4, -0.2) is 23.8 Å². The molecule has 4 saturated carbocycles. The summed E-state index contributed by atoms with van der Waals surface area (Å²) in [4.78, 5) is 25.0. The minimum absolute atomic E-state index is 0.0147. The van der Waals surface area contributed by atoms with Crippen molar-refractivity contribution in [3.05, 3.63) is 0 Å². The first-order valence-electron chi connectivity index (χ1n) is 10.5. The molecule has 1 aliphatic heterocycles. The van der Waals surface area contributed by atoms with Crippen molar-refractivity contribution in [3.63, 3.8) is 0 Å². The first kappa shape index (κ1) is 16.5. The number of Topliss-reactive ketones (excluding diaryl/α,β-unsaturated/α-hetero) is 2. The molecule has 25 heavy (non-hydrogen) atoms. The molecule has 0 aromatic rings. The van der Waals surface area contributed by atoms with Crippen molar-refractivity contribution >= 4 is 11.6 Å². The van der Waals surface area contributed by atoms with Crippen LogP contribution in [0.25, 0.3) is 0 Å². The lowest BCUT2D eigenvalue weighted by atomic mass is 9.44. The molecule has 138 valence electrons. The number of ketones is 2. The molecule has 0 amide bonds. The van der Waals surface area contributed by atoms with Crippen LogP contribution >= 0.6 is 0 Å². The predicted octanol–water partition coefficient (Wildman–Crippen LogP) is 4.18. The van der Waals surface area contributed by atoms with E-state index in [9.17, 15) is 9.59 Å². The number of epoxide rings is 1. The molecule has 4 aliphatic carbocycles. The molecule has 5 rings (SSSR count). The Bertz CT molecular complexity index is 635. The molecule has 0 aromatic carbocycles. The second-order valence-electron chi connectivity index (χ2n) is 10.6. The molecule has 3 nitrogen and oxygen atoms in total. The average molecular weight is 344 g/mol. The normalized spacial score (nSPS) is 57.6. The van der Waals surface area contributed by atoms with E-state index < -0.39 is 0 Å². The van der Waals surface area contributed by atoms with Crippen LogP contribution < -0.4 is 0 Å². The molecule has 8 atom stereocenters. The Kier molecular flexibility index (Phi) is 3.27. The third kappa shape index (κ3) is 2.08. The predicted molar refractivity (Wildman–Crippen MR) is 95.0 cm³/mol. The summed E-state index contributed by atoms with van der Waals surface area (Å²) in [5.41, 5.74) is 0.534. The van der Waals surface area contributed by atoms with E-state index in [0.29, 0.717) is 53.5 Å². The number of hydrogen-bond acceptors (Lipinski definition) is 3. The van der Waals surface area contributed by atoms with Gasteiger partial charge in [0.1, 0.15) is 11.6 Å². The van der Waals surface area contributed by atoms with E-state index in [4.69, 9.17) is 4.74 Å². The van der Waals surface area contributed by atoms with Gasteiger partial charge < -0.3 is 4.74 Å². The van der Waals surface area contributed by atoms with Gasteiger partial charge in [0.25, 0.3) is 0 Å². The lowest BCUT2D eigenvalue weighted by Gasteiger charge is -2.59. The molecule has 0 spiro atoms. The lowest BCUT2D eigenvalue weighted by molar-refractivity contribution is -0.159. The number of carbonyl (C=O) groups excluding carboxylic acids is 2. The summed E-state index contributed by atoms with van der Waals surface area (Å²) < 4.78 is 5.86. The van der Waals surface area contributed by atoms with E-state index in [0.717, 1.165) is 19.4 Å². The second-order valence-corrected chi connectivity index (χ2v) is 10.6. The van der Waals surface area contributed by atoms with E-state index in [1.54, 1.807) is 0 Å². The van der Waals surface area contributed by atoms with Gasteiger partial charge in [0.05, 0.1) is 12.2 Å². The monoisotopic (exact) mass is 344 g/mol. The zero-order valence-corrected chi connectivity index (χ0v) is 16.0. The molecule has 5 fully saturated rings. The molecule has 3 heteroatoms. The van der Waals surface area contributed by atoms with Crippen molar-refractivity contribution < 1.29 is 14.3 Å². The number of fused-ring (bicyclic) bond motifs is 5. The summed E-state index contributed by atoms with van der Waals surface area (Å²) in [6, 6.07) is 0. The van der Waals surface area contributed by atoms with E-state index in [-0.39, 0.29) is 16.9 Å². The number of rotatable bonds is 1. The Morgan fingerprint density at radius 1 is 0.920 bits per heavy atom. The van der Waals surface area contributed by atoms with Crippen LogP contribution in [0.15, 0.2) is 0 Å². The standard InChI is InChI=1S/C22H32O3/c1-20-8-6-13(23)10-17(20)18(24)11-14-15-4-5-19(22(3)12-25-22)21(15,2)9-7-16(14)20/h14-17,19H,4-12H2,1-3H3/t14-,15+,16-,17+,19+,20+,21-,22+/m0/s1. The maximum Gasteiger partial charge on any atom is 0.137 e. The fourth-order valence-electron chi connectivity index (χ4n) is 8.15. The molecular weight excluding hydrogens is 312 g/mol. The van der Waals surface area contributed by atoms with E-state index in [2.05, 4.69) is 20.8 Å². The summed E-state index contributed by atoms with van der Waals surface area (Å²) in [6.07, 6.45) is 7.97. The minimum Gasteiger partial charge on any atom is -0.370 e. The van der Waals surface area contributed by atoms with Crippen molar-refractivity contribution in [2.75, 3.05) is 6.61 Å². The summed E-state index contributed by atoms with van der Waals surface area (Å²) in [7, 11) is 0. The van der Waals surface area contributed by atoms with Gasteiger partial charge in [-0.2, -0.15) is 0 Å². The van der Waals surface area contributed by atoms with E-state index in [1.807, 2.05) is 0 Å². The highest BCUT2D eigenvalue weighted by molar-refractivity contribution is 5.90. The van der Waals surface area contributed by atoms with Crippen LogP contribution in [0.3, 0.4) is 0 Å². The molecule has 0 radical (unpaired) electrons. The number of ether oxygens (including phenoxy) is 1. The molecule has 0 bridgehead atoms. The summed E-state index contributed by atoms with van der Waals surface area (Å²) in [5, 5.41) is 0. The zero-order chi connectivity index (χ0) is 17.6. The quantitative estimate of drug-likeness (QED) is 0.670.